The quantitative estimate of drug-likeness (QED) is 0.866. The maximum atomic E-state index is 11.9. The van der Waals surface area contributed by atoms with Crippen molar-refractivity contribution in [2.24, 2.45) is 5.92 Å². The molecule has 1 unspecified atom stereocenters. The monoisotopic (exact) mass is 252 g/mol. The molecule has 0 radical (unpaired) electrons. The van der Waals surface area contributed by atoms with Crippen LogP contribution in [0.3, 0.4) is 0 Å². The number of rotatable bonds is 5. The Bertz CT molecular complexity index is 421. The normalized spacial score (nSPS) is 12.2. The molecule has 0 aliphatic carbocycles. The Morgan fingerprint density at radius 1 is 1.59 bits per heavy atom. The molecule has 0 fully saturated rings. The third kappa shape index (κ3) is 3.49. The van der Waals surface area contributed by atoms with E-state index in [0.29, 0.717) is 4.88 Å². The predicted octanol–water partition coefficient (Wildman–Crippen LogP) is 1.77. The van der Waals surface area contributed by atoms with E-state index in [1.165, 1.54) is 0 Å². The van der Waals surface area contributed by atoms with Gasteiger partial charge in [0.1, 0.15) is 10.9 Å². The van der Waals surface area contributed by atoms with Crippen LogP contribution in [0.25, 0.3) is 0 Å². The van der Waals surface area contributed by atoms with E-state index in [2.05, 4.69) is 21.0 Å². The minimum absolute atomic E-state index is 0.0828. The highest BCUT2D eigenvalue weighted by atomic mass is 32.1. The molecule has 0 aliphatic rings. The lowest BCUT2D eigenvalue weighted by Gasteiger charge is -2.14. The van der Waals surface area contributed by atoms with Crippen molar-refractivity contribution >= 4 is 17.4 Å². The summed E-state index contributed by atoms with van der Waals surface area (Å²) in [5, 5.41) is 15.6. The summed E-state index contributed by atoms with van der Waals surface area (Å²) >= 11 is 1.08. The fourth-order valence-electron chi connectivity index (χ4n) is 1.34. The SMILES string of the molecule is CCCc1nnsc1C(=O)NC(C#N)C(C)C. The van der Waals surface area contributed by atoms with Crippen molar-refractivity contribution in [1.29, 1.82) is 5.26 Å². The third-order valence-electron chi connectivity index (χ3n) is 2.34. The van der Waals surface area contributed by atoms with E-state index in [-0.39, 0.29) is 11.8 Å². The lowest BCUT2D eigenvalue weighted by molar-refractivity contribution is 0.0940. The Morgan fingerprint density at radius 3 is 2.82 bits per heavy atom. The van der Waals surface area contributed by atoms with Gasteiger partial charge in [-0.3, -0.25) is 4.79 Å². The molecule has 0 bridgehead atoms. The summed E-state index contributed by atoms with van der Waals surface area (Å²) < 4.78 is 3.79. The van der Waals surface area contributed by atoms with Crippen molar-refractivity contribution in [2.75, 3.05) is 0 Å². The number of hydrogen-bond donors (Lipinski definition) is 1. The summed E-state index contributed by atoms with van der Waals surface area (Å²) in [7, 11) is 0. The van der Waals surface area contributed by atoms with Gasteiger partial charge >= 0.3 is 0 Å². The van der Waals surface area contributed by atoms with Gasteiger partial charge in [0, 0.05) is 0 Å². The van der Waals surface area contributed by atoms with Gasteiger partial charge in [-0.25, -0.2) is 0 Å². The average Bonchev–Trinajstić information content (AvgIpc) is 2.74. The van der Waals surface area contributed by atoms with Crippen LogP contribution in [0.1, 0.15) is 42.6 Å². The number of nitrogens with one attached hydrogen (secondary N) is 1. The highest BCUT2D eigenvalue weighted by Gasteiger charge is 2.20. The van der Waals surface area contributed by atoms with E-state index < -0.39 is 6.04 Å². The van der Waals surface area contributed by atoms with Gasteiger partial charge in [-0.1, -0.05) is 31.7 Å². The lowest BCUT2D eigenvalue weighted by Crippen LogP contribution is -2.37. The molecule has 17 heavy (non-hydrogen) atoms. The molecule has 1 aromatic heterocycles. The van der Waals surface area contributed by atoms with E-state index in [4.69, 9.17) is 5.26 Å². The Balaban J connectivity index is 2.76. The van der Waals surface area contributed by atoms with Gasteiger partial charge < -0.3 is 5.32 Å². The summed E-state index contributed by atoms with van der Waals surface area (Å²) in [5.41, 5.74) is 0.718. The Labute approximate surface area is 105 Å². The van der Waals surface area contributed by atoms with E-state index in [9.17, 15) is 4.79 Å². The topological polar surface area (TPSA) is 78.7 Å². The van der Waals surface area contributed by atoms with Crippen molar-refractivity contribution in [2.45, 2.75) is 39.7 Å². The van der Waals surface area contributed by atoms with Crippen LogP contribution >= 0.6 is 11.5 Å². The van der Waals surface area contributed by atoms with Gasteiger partial charge in [0.15, 0.2) is 0 Å². The summed E-state index contributed by atoms with van der Waals surface area (Å²) in [4.78, 5) is 12.5. The Hall–Kier alpha value is -1.48. The molecule has 1 aromatic rings. The van der Waals surface area contributed by atoms with Crippen molar-refractivity contribution in [1.82, 2.24) is 14.9 Å². The van der Waals surface area contributed by atoms with Crippen LogP contribution in [0.5, 0.6) is 0 Å². The molecule has 5 nitrogen and oxygen atoms in total. The van der Waals surface area contributed by atoms with Crippen LogP contribution in [-0.4, -0.2) is 21.5 Å². The molecule has 1 N–H and O–H groups in total. The maximum Gasteiger partial charge on any atom is 0.265 e. The number of carbonyl (C=O) groups is 1. The Morgan fingerprint density at radius 2 is 2.29 bits per heavy atom. The molecule has 1 heterocycles. The molecule has 0 saturated carbocycles. The molecule has 1 rings (SSSR count). The summed E-state index contributed by atoms with van der Waals surface area (Å²) in [6, 6.07) is 1.60. The number of nitriles is 1. The fourth-order valence-corrected chi connectivity index (χ4v) is 1.95. The minimum atomic E-state index is -0.473. The van der Waals surface area contributed by atoms with Crippen LogP contribution in [-0.2, 0) is 6.42 Å². The number of nitrogens with zero attached hydrogens (tertiary/aromatic N) is 3. The molecule has 1 amide bonds. The lowest BCUT2D eigenvalue weighted by atomic mass is 10.1. The van der Waals surface area contributed by atoms with Gasteiger partial charge in [-0.2, -0.15) is 5.26 Å². The second-order valence-corrected chi connectivity index (χ2v) is 4.88. The summed E-state index contributed by atoms with van der Waals surface area (Å²) in [6.07, 6.45) is 1.65. The van der Waals surface area contributed by atoms with Crippen LogP contribution in [0.4, 0.5) is 0 Å². The zero-order valence-electron chi connectivity index (χ0n) is 10.2. The van der Waals surface area contributed by atoms with E-state index in [0.717, 1.165) is 30.1 Å². The van der Waals surface area contributed by atoms with E-state index >= 15 is 0 Å². The molecular weight excluding hydrogens is 236 g/mol. The first-order valence-corrected chi connectivity index (χ1v) is 6.39. The number of hydrogen-bond acceptors (Lipinski definition) is 5. The van der Waals surface area contributed by atoms with Crippen molar-refractivity contribution in [3.63, 3.8) is 0 Å². The summed E-state index contributed by atoms with van der Waals surface area (Å²) in [5.74, 6) is -0.164. The van der Waals surface area contributed by atoms with Crippen LogP contribution in [0, 0.1) is 17.2 Å². The highest BCUT2D eigenvalue weighted by molar-refractivity contribution is 7.08. The molecular formula is C11H16N4OS. The number of amides is 1. The molecule has 1 atom stereocenters. The van der Waals surface area contributed by atoms with Gasteiger partial charge in [-0.05, 0) is 23.9 Å². The van der Waals surface area contributed by atoms with E-state index in [1.807, 2.05) is 20.8 Å². The number of aryl methyl sites for hydroxylation is 1. The fraction of sp³-hybridized carbons (Fsp3) is 0.636. The highest BCUT2D eigenvalue weighted by Crippen LogP contribution is 2.13. The van der Waals surface area contributed by atoms with Crippen molar-refractivity contribution in [3.05, 3.63) is 10.6 Å². The second kappa shape index (κ2) is 6.30. The zero-order chi connectivity index (χ0) is 12.8. The molecule has 6 heteroatoms. The first-order chi connectivity index (χ1) is 8.10. The third-order valence-corrected chi connectivity index (χ3v) is 3.11. The zero-order valence-corrected chi connectivity index (χ0v) is 11.0. The Kier molecular flexibility index (Phi) is 5.04. The van der Waals surface area contributed by atoms with Gasteiger partial charge in [0.2, 0.25) is 0 Å². The first-order valence-electron chi connectivity index (χ1n) is 5.61. The number of aromatic nitrogens is 2. The molecule has 0 aromatic carbocycles. The summed E-state index contributed by atoms with van der Waals surface area (Å²) in [6.45, 7) is 5.81. The van der Waals surface area contributed by atoms with Gasteiger partial charge in [-0.15, -0.1) is 5.10 Å². The molecule has 0 aliphatic heterocycles. The van der Waals surface area contributed by atoms with Crippen molar-refractivity contribution < 1.29 is 4.79 Å². The smallest absolute Gasteiger partial charge is 0.265 e. The van der Waals surface area contributed by atoms with Crippen LogP contribution in [0.15, 0.2) is 0 Å². The van der Waals surface area contributed by atoms with Gasteiger partial charge in [0.05, 0.1) is 11.8 Å². The van der Waals surface area contributed by atoms with Crippen molar-refractivity contribution in [3.8, 4) is 6.07 Å². The standard InChI is InChI=1S/C11H16N4OS/c1-4-5-8-10(17-15-14-8)11(16)13-9(6-12)7(2)3/h7,9H,4-5H2,1-3H3,(H,13,16). The van der Waals surface area contributed by atoms with Crippen LogP contribution in [0.2, 0.25) is 0 Å². The predicted molar refractivity (Wildman–Crippen MR) is 65.6 cm³/mol. The largest absolute Gasteiger partial charge is 0.335 e. The molecule has 0 saturated heterocycles. The minimum Gasteiger partial charge on any atom is -0.335 e. The maximum absolute atomic E-state index is 11.9. The van der Waals surface area contributed by atoms with Crippen LogP contribution < -0.4 is 5.32 Å². The molecule has 0 spiro atoms. The average molecular weight is 252 g/mol. The first kappa shape index (κ1) is 13.6. The van der Waals surface area contributed by atoms with Gasteiger partial charge in [0.25, 0.3) is 5.91 Å². The molecule has 92 valence electrons. The number of carbonyl (C=O) groups excluding carboxylic acids is 1. The van der Waals surface area contributed by atoms with E-state index in [1.54, 1.807) is 0 Å². The second-order valence-electron chi connectivity index (χ2n) is 4.12.